The Balaban J connectivity index is -0.0000000567. The van der Waals surface area contributed by atoms with Gasteiger partial charge in [-0.15, -0.1) is 12.6 Å². The van der Waals surface area contributed by atoms with Crippen molar-refractivity contribution in [2.45, 2.75) is 31.7 Å². The Morgan fingerprint density at radius 2 is 1.50 bits per heavy atom. The fraction of sp³-hybridized carbons (Fsp3) is 0.769. The van der Waals surface area contributed by atoms with Crippen LogP contribution in [0.3, 0.4) is 0 Å². The summed E-state index contributed by atoms with van der Waals surface area (Å²) < 4.78 is 0. The van der Waals surface area contributed by atoms with E-state index < -0.39 is 0 Å². The largest absolute Gasteiger partial charge is 2.00 e. The molecular formula is C13H28N2UVW. The van der Waals surface area contributed by atoms with Crippen molar-refractivity contribution >= 4 is 0 Å². The van der Waals surface area contributed by atoms with Crippen LogP contribution in [0, 0.1) is 58.3 Å². The summed E-state index contributed by atoms with van der Waals surface area (Å²) in [5.41, 5.74) is 0. The van der Waals surface area contributed by atoms with Crippen LogP contribution in [0.4, 0.5) is 0 Å². The smallest absolute Gasteiger partial charge is 0.662 e. The molecule has 1 rings (SSSR count). The van der Waals surface area contributed by atoms with Crippen LogP contribution in [0.2, 0.25) is 0 Å². The standard InChI is InChI=1S/C8H15N.C4H10N.CH3.U.V.W/c1-7-3-5-8(9-2)6-4-7;1-4-5(2)3;;;;/h7-8H,1,3-6H2,2H3;1,4H2,2-3H3;1H3;;;/q-2;2*-1;;2*+2. The van der Waals surface area contributed by atoms with Gasteiger partial charge in [-0.2, -0.15) is 13.0 Å². The Hall–Kier alpha value is 2.24. The maximum Gasteiger partial charge on any atom is 2.00 e. The second kappa shape index (κ2) is 21.5. The molecule has 1 fully saturated rings. The number of hydrogen-bond donors (Lipinski definition) is 0. The Bertz CT molecular complexity index is 132. The molecule has 5 heteroatoms. The molecule has 0 aliphatic heterocycles. The molecule has 1 saturated carbocycles. The first-order valence-electron chi connectivity index (χ1n) is 5.46. The van der Waals surface area contributed by atoms with Crippen molar-refractivity contribution in [2.75, 3.05) is 27.7 Å². The molecule has 0 atom stereocenters. The summed E-state index contributed by atoms with van der Waals surface area (Å²) in [6, 6.07) is 0.656. The molecule has 0 amide bonds. The summed E-state index contributed by atoms with van der Waals surface area (Å²) in [6.07, 6.45) is 5.10. The van der Waals surface area contributed by atoms with Gasteiger partial charge >= 0.3 is 39.6 Å². The zero-order valence-electron chi connectivity index (χ0n) is 12.4. The molecule has 0 spiro atoms. The fourth-order valence-electron chi connectivity index (χ4n) is 1.40. The van der Waals surface area contributed by atoms with Crippen molar-refractivity contribution < 1.29 is 70.7 Å². The Morgan fingerprint density at radius 3 is 1.72 bits per heavy atom. The second-order valence-corrected chi connectivity index (χ2v) is 4.24. The van der Waals surface area contributed by atoms with E-state index in [2.05, 4.69) is 19.2 Å². The van der Waals surface area contributed by atoms with Gasteiger partial charge in [-0.3, -0.25) is 0 Å². The van der Waals surface area contributed by atoms with Gasteiger partial charge in [-0.1, -0.05) is 25.7 Å². The zero-order valence-corrected chi connectivity index (χ0v) is 20.8. The number of nitrogens with zero attached hydrogens (tertiary/aromatic N) is 2. The minimum absolute atomic E-state index is 0. The Morgan fingerprint density at radius 1 is 1.17 bits per heavy atom. The van der Waals surface area contributed by atoms with Gasteiger partial charge in [0.1, 0.15) is 0 Å². The maximum atomic E-state index is 4.25. The van der Waals surface area contributed by atoms with Crippen LogP contribution in [0.25, 0.3) is 5.32 Å². The molecule has 2 nitrogen and oxygen atoms in total. The van der Waals surface area contributed by atoms with E-state index >= 15 is 0 Å². The first-order valence-corrected chi connectivity index (χ1v) is 5.46. The first-order chi connectivity index (χ1) is 6.60. The van der Waals surface area contributed by atoms with Crippen LogP contribution in [0.5, 0.6) is 0 Å². The van der Waals surface area contributed by atoms with E-state index in [1.807, 2.05) is 26.0 Å². The molecule has 0 bridgehead atoms. The van der Waals surface area contributed by atoms with Crippen molar-refractivity contribution in [1.82, 2.24) is 4.90 Å². The van der Waals surface area contributed by atoms with Crippen LogP contribution in [0.1, 0.15) is 25.7 Å². The van der Waals surface area contributed by atoms with Crippen LogP contribution < -0.4 is 0 Å². The normalized spacial score (nSPS) is 21.0. The summed E-state index contributed by atoms with van der Waals surface area (Å²) >= 11 is 0. The van der Waals surface area contributed by atoms with Gasteiger partial charge in [0.2, 0.25) is 0 Å². The van der Waals surface area contributed by atoms with Crippen molar-refractivity contribution in [1.29, 1.82) is 0 Å². The summed E-state index contributed by atoms with van der Waals surface area (Å²) in [7, 11) is 5.91. The average molecular weight is 685 g/mol. The van der Waals surface area contributed by atoms with Crippen LogP contribution in [0.15, 0.2) is 0 Å². The summed E-state index contributed by atoms with van der Waals surface area (Å²) in [5, 5.41) is 4.25. The monoisotopic (exact) mass is 685 g/mol. The van der Waals surface area contributed by atoms with Gasteiger partial charge in [-0.05, 0) is 14.1 Å². The van der Waals surface area contributed by atoms with Gasteiger partial charge in [-0.25, -0.2) is 0 Å². The molecule has 18 heavy (non-hydrogen) atoms. The molecule has 0 heterocycles. The van der Waals surface area contributed by atoms with Crippen molar-refractivity contribution in [3.63, 3.8) is 0 Å². The predicted octanol–water partition coefficient (Wildman–Crippen LogP) is 3.21. The van der Waals surface area contributed by atoms with E-state index in [-0.39, 0.29) is 78.2 Å². The maximum absolute atomic E-state index is 4.25. The SMILES string of the molecule is [CH2-]C1CCC([N-]C)CC1.[CH2-]CN(C)C.[CH3-].[U].[V+2].[W+2]. The van der Waals surface area contributed by atoms with E-state index in [0.717, 1.165) is 6.54 Å². The molecule has 105 valence electrons. The average Bonchev–Trinajstić information content (AvgIpc) is 2.20. The minimum atomic E-state index is 0. The quantitative estimate of drug-likeness (QED) is 0.409. The molecule has 0 N–H and O–H groups in total. The van der Waals surface area contributed by atoms with E-state index in [0.29, 0.717) is 12.0 Å². The van der Waals surface area contributed by atoms with Gasteiger partial charge in [0.15, 0.2) is 0 Å². The molecule has 0 aromatic rings. The molecule has 1 radical (unpaired) electrons. The fourth-order valence-corrected chi connectivity index (χ4v) is 1.40. The van der Waals surface area contributed by atoms with Crippen molar-refractivity contribution in [2.24, 2.45) is 5.92 Å². The third kappa shape index (κ3) is 20.6. The van der Waals surface area contributed by atoms with Gasteiger partial charge in [0.05, 0.1) is 0 Å². The topological polar surface area (TPSA) is 17.3 Å². The number of hydrogen-bond acceptors (Lipinski definition) is 1. The van der Waals surface area contributed by atoms with Crippen molar-refractivity contribution in [3.05, 3.63) is 26.6 Å². The van der Waals surface area contributed by atoms with Gasteiger partial charge in [0, 0.05) is 31.1 Å². The zero-order chi connectivity index (χ0) is 11.0. The van der Waals surface area contributed by atoms with E-state index in [4.69, 9.17) is 0 Å². The molecule has 0 unspecified atom stereocenters. The third-order valence-electron chi connectivity index (χ3n) is 2.63. The van der Waals surface area contributed by atoms with Crippen molar-refractivity contribution in [3.8, 4) is 0 Å². The summed E-state index contributed by atoms with van der Waals surface area (Å²) in [4.78, 5) is 2.01. The van der Waals surface area contributed by atoms with Gasteiger partial charge in [0.25, 0.3) is 0 Å². The van der Waals surface area contributed by atoms with E-state index in [1.54, 1.807) is 0 Å². The predicted molar refractivity (Wildman–Crippen MR) is 70.7 cm³/mol. The second-order valence-electron chi connectivity index (χ2n) is 4.24. The molecular weight excluding hydrogens is 657 g/mol. The van der Waals surface area contributed by atoms with Crippen LogP contribution >= 0.6 is 0 Å². The first kappa shape index (κ1) is 32.3. The molecule has 0 saturated heterocycles. The van der Waals surface area contributed by atoms with Crippen LogP contribution in [-0.2, 0) is 39.6 Å². The Labute approximate surface area is 166 Å². The van der Waals surface area contributed by atoms with Gasteiger partial charge < -0.3 is 31.5 Å². The minimum Gasteiger partial charge on any atom is -0.662 e. The number of rotatable bonds is 2. The molecule has 0 aromatic carbocycles. The molecule has 1 aliphatic carbocycles. The Kier molecular flexibility index (Phi) is 38.6. The summed E-state index contributed by atoms with van der Waals surface area (Å²) in [6.45, 7) is 8.52. The van der Waals surface area contributed by atoms with Crippen LogP contribution in [-0.4, -0.2) is 38.6 Å². The summed E-state index contributed by atoms with van der Waals surface area (Å²) in [5.74, 6) is 0.711. The van der Waals surface area contributed by atoms with E-state index in [9.17, 15) is 0 Å². The molecule has 1 aliphatic rings. The molecule has 0 aromatic heterocycles. The van der Waals surface area contributed by atoms with E-state index in [1.165, 1.54) is 25.7 Å². The third-order valence-corrected chi connectivity index (χ3v) is 2.63.